The van der Waals surface area contributed by atoms with Crippen molar-refractivity contribution < 1.29 is 13.9 Å². The zero-order valence-corrected chi connectivity index (χ0v) is 10.2. The highest BCUT2D eigenvalue weighted by molar-refractivity contribution is 6.35. The van der Waals surface area contributed by atoms with Crippen LogP contribution in [0.3, 0.4) is 0 Å². The SMILES string of the molecule is CCOC(=O)C(C)=NNc1ccc(Cl)c(F)c1. The minimum Gasteiger partial charge on any atom is -0.461 e. The average molecular weight is 259 g/mol. The molecule has 0 bridgehead atoms. The van der Waals surface area contributed by atoms with E-state index >= 15 is 0 Å². The van der Waals surface area contributed by atoms with Gasteiger partial charge in [0.1, 0.15) is 11.5 Å². The average Bonchev–Trinajstić information content (AvgIpc) is 2.30. The van der Waals surface area contributed by atoms with E-state index in [-0.39, 0.29) is 17.3 Å². The molecule has 0 spiro atoms. The summed E-state index contributed by atoms with van der Waals surface area (Å²) in [6.07, 6.45) is 0. The zero-order valence-electron chi connectivity index (χ0n) is 9.46. The van der Waals surface area contributed by atoms with Crippen LogP contribution >= 0.6 is 11.6 Å². The van der Waals surface area contributed by atoms with E-state index in [4.69, 9.17) is 16.3 Å². The molecule has 0 amide bonds. The van der Waals surface area contributed by atoms with Crippen molar-refractivity contribution in [2.75, 3.05) is 12.0 Å². The first kappa shape index (κ1) is 13.4. The first-order chi connectivity index (χ1) is 8.04. The number of benzene rings is 1. The largest absolute Gasteiger partial charge is 0.461 e. The third-order valence-electron chi connectivity index (χ3n) is 1.84. The van der Waals surface area contributed by atoms with Gasteiger partial charge in [-0.3, -0.25) is 5.43 Å². The van der Waals surface area contributed by atoms with Crippen molar-refractivity contribution in [1.29, 1.82) is 0 Å². The first-order valence-electron chi connectivity index (χ1n) is 4.97. The van der Waals surface area contributed by atoms with Crippen molar-refractivity contribution in [2.24, 2.45) is 5.10 Å². The third-order valence-corrected chi connectivity index (χ3v) is 2.15. The van der Waals surface area contributed by atoms with E-state index in [1.165, 1.54) is 19.1 Å². The van der Waals surface area contributed by atoms with Crippen molar-refractivity contribution in [3.63, 3.8) is 0 Å². The molecule has 0 saturated carbocycles. The molecule has 1 aromatic carbocycles. The Bertz CT molecular complexity index is 449. The van der Waals surface area contributed by atoms with E-state index in [9.17, 15) is 9.18 Å². The molecule has 0 aliphatic heterocycles. The molecule has 92 valence electrons. The second-order valence-electron chi connectivity index (χ2n) is 3.16. The molecule has 0 fully saturated rings. The summed E-state index contributed by atoms with van der Waals surface area (Å²) < 4.78 is 17.8. The molecule has 0 atom stereocenters. The maximum Gasteiger partial charge on any atom is 0.354 e. The lowest BCUT2D eigenvalue weighted by Crippen LogP contribution is -2.15. The van der Waals surface area contributed by atoms with Crippen LogP contribution in [0.25, 0.3) is 0 Å². The van der Waals surface area contributed by atoms with Crippen LogP contribution in [0.5, 0.6) is 0 Å². The summed E-state index contributed by atoms with van der Waals surface area (Å²) in [7, 11) is 0. The number of carbonyl (C=O) groups excluding carboxylic acids is 1. The summed E-state index contributed by atoms with van der Waals surface area (Å²) in [6.45, 7) is 3.48. The topological polar surface area (TPSA) is 50.7 Å². The predicted octanol–water partition coefficient (Wildman–Crippen LogP) is 2.83. The Hall–Kier alpha value is -1.62. The molecular formula is C11H12ClFN2O2. The summed E-state index contributed by atoms with van der Waals surface area (Å²) in [6, 6.07) is 4.13. The number of nitrogens with one attached hydrogen (secondary N) is 1. The molecular weight excluding hydrogens is 247 g/mol. The van der Waals surface area contributed by atoms with Gasteiger partial charge in [-0.15, -0.1) is 0 Å². The second kappa shape index (κ2) is 6.20. The van der Waals surface area contributed by atoms with Gasteiger partial charge >= 0.3 is 5.97 Å². The van der Waals surface area contributed by atoms with E-state index < -0.39 is 11.8 Å². The van der Waals surface area contributed by atoms with Crippen LogP contribution in [0.2, 0.25) is 5.02 Å². The van der Waals surface area contributed by atoms with E-state index in [0.29, 0.717) is 5.69 Å². The number of anilines is 1. The summed E-state index contributed by atoms with van der Waals surface area (Å²) in [5.41, 5.74) is 3.09. The second-order valence-corrected chi connectivity index (χ2v) is 3.57. The van der Waals surface area contributed by atoms with Crippen molar-refractivity contribution in [3.05, 3.63) is 29.0 Å². The number of hydrazone groups is 1. The van der Waals surface area contributed by atoms with Gasteiger partial charge in [0.15, 0.2) is 0 Å². The highest BCUT2D eigenvalue weighted by Gasteiger charge is 2.06. The Kier molecular flexibility index (Phi) is 4.90. The monoisotopic (exact) mass is 258 g/mol. The molecule has 1 rings (SSSR count). The molecule has 4 nitrogen and oxygen atoms in total. The normalized spacial score (nSPS) is 11.2. The lowest BCUT2D eigenvalue weighted by atomic mass is 10.3. The maximum absolute atomic E-state index is 13.1. The molecule has 0 aliphatic rings. The van der Waals surface area contributed by atoms with Gasteiger partial charge in [-0.25, -0.2) is 9.18 Å². The lowest BCUT2D eigenvalue weighted by molar-refractivity contribution is -0.135. The fourth-order valence-electron chi connectivity index (χ4n) is 0.995. The van der Waals surface area contributed by atoms with Gasteiger partial charge in [0.05, 0.1) is 17.3 Å². The summed E-state index contributed by atoms with van der Waals surface area (Å²) in [4.78, 5) is 11.2. The third kappa shape index (κ3) is 4.03. The van der Waals surface area contributed by atoms with Crippen molar-refractivity contribution in [3.8, 4) is 0 Å². The van der Waals surface area contributed by atoms with Gasteiger partial charge in [-0.2, -0.15) is 5.10 Å². The number of ether oxygens (including phenoxy) is 1. The number of nitrogens with zero attached hydrogens (tertiary/aromatic N) is 1. The lowest BCUT2D eigenvalue weighted by Gasteiger charge is -2.03. The fraction of sp³-hybridized carbons (Fsp3) is 0.273. The van der Waals surface area contributed by atoms with Crippen molar-refractivity contribution >= 4 is 29.0 Å². The number of hydrogen-bond donors (Lipinski definition) is 1. The van der Waals surface area contributed by atoms with E-state index in [2.05, 4.69) is 10.5 Å². The standard InChI is InChI=1S/C11H12ClFN2O2/c1-3-17-11(16)7(2)14-15-8-4-5-9(12)10(13)6-8/h4-6,15H,3H2,1-2H3. The van der Waals surface area contributed by atoms with Gasteiger partial charge in [0.25, 0.3) is 0 Å². The summed E-state index contributed by atoms with van der Waals surface area (Å²) >= 11 is 5.52. The Morgan fingerprint density at radius 3 is 2.88 bits per heavy atom. The number of halogens is 2. The Morgan fingerprint density at radius 1 is 1.59 bits per heavy atom. The number of esters is 1. The van der Waals surface area contributed by atoms with Crippen LogP contribution < -0.4 is 5.43 Å². The summed E-state index contributed by atoms with van der Waals surface area (Å²) in [5.74, 6) is -1.07. The van der Waals surface area contributed by atoms with Gasteiger partial charge in [-0.05, 0) is 26.0 Å². The molecule has 0 heterocycles. The van der Waals surface area contributed by atoms with E-state index in [1.807, 2.05) is 0 Å². The predicted molar refractivity (Wildman–Crippen MR) is 64.8 cm³/mol. The summed E-state index contributed by atoms with van der Waals surface area (Å²) in [5, 5.41) is 3.80. The van der Waals surface area contributed by atoms with Gasteiger partial charge < -0.3 is 4.74 Å². The molecule has 6 heteroatoms. The van der Waals surface area contributed by atoms with Crippen LogP contribution in [0, 0.1) is 5.82 Å². The van der Waals surface area contributed by atoms with Crippen molar-refractivity contribution in [1.82, 2.24) is 0 Å². The molecule has 0 aliphatic carbocycles. The first-order valence-corrected chi connectivity index (χ1v) is 5.35. The van der Waals surface area contributed by atoms with Crippen molar-refractivity contribution in [2.45, 2.75) is 13.8 Å². The molecule has 0 unspecified atom stereocenters. The van der Waals surface area contributed by atoms with Crippen LogP contribution in [-0.2, 0) is 9.53 Å². The Labute approximate surface area is 103 Å². The van der Waals surface area contributed by atoms with Crippen LogP contribution in [-0.4, -0.2) is 18.3 Å². The highest BCUT2D eigenvalue weighted by Crippen LogP contribution is 2.18. The van der Waals surface area contributed by atoms with Crippen LogP contribution in [0.4, 0.5) is 10.1 Å². The van der Waals surface area contributed by atoms with E-state index in [1.54, 1.807) is 13.0 Å². The van der Waals surface area contributed by atoms with Crippen LogP contribution in [0.15, 0.2) is 23.3 Å². The quantitative estimate of drug-likeness (QED) is 0.513. The van der Waals surface area contributed by atoms with Gasteiger partial charge in [-0.1, -0.05) is 11.6 Å². The molecule has 1 aromatic rings. The van der Waals surface area contributed by atoms with Gasteiger partial charge in [0, 0.05) is 6.07 Å². The number of hydrogen-bond acceptors (Lipinski definition) is 4. The Morgan fingerprint density at radius 2 is 2.29 bits per heavy atom. The molecule has 17 heavy (non-hydrogen) atoms. The maximum atomic E-state index is 13.1. The van der Waals surface area contributed by atoms with Gasteiger partial charge in [0.2, 0.25) is 0 Å². The number of rotatable bonds is 4. The molecule has 0 radical (unpaired) electrons. The fourth-order valence-corrected chi connectivity index (χ4v) is 1.11. The minimum absolute atomic E-state index is 0.0293. The zero-order chi connectivity index (χ0) is 12.8. The molecule has 1 N–H and O–H groups in total. The smallest absolute Gasteiger partial charge is 0.354 e. The molecule has 0 saturated heterocycles. The van der Waals surface area contributed by atoms with Crippen LogP contribution in [0.1, 0.15) is 13.8 Å². The van der Waals surface area contributed by atoms with E-state index in [0.717, 1.165) is 0 Å². The molecule has 0 aromatic heterocycles. The number of carbonyl (C=O) groups is 1. The minimum atomic E-state index is -0.555. The Balaban J connectivity index is 2.69. The highest BCUT2D eigenvalue weighted by atomic mass is 35.5.